The van der Waals surface area contributed by atoms with Gasteiger partial charge in [0, 0.05) is 16.7 Å². The number of benzene rings is 1. The molecule has 0 aliphatic heterocycles. The molecule has 0 radical (unpaired) electrons. The molecule has 0 amide bonds. The molecule has 0 spiro atoms. The van der Waals surface area contributed by atoms with Crippen molar-refractivity contribution < 1.29 is 9.90 Å². The molecule has 1 rings (SSSR count). The zero-order chi connectivity index (χ0) is 12.0. The van der Waals surface area contributed by atoms with Gasteiger partial charge in [-0.15, -0.1) is 0 Å². The molecule has 16 heavy (non-hydrogen) atoms. The highest BCUT2D eigenvalue weighted by Crippen LogP contribution is 2.20. The Morgan fingerprint density at radius 3 is 2.81 bits per heavy atom. The van der Waals surface area contributed by atoms with E-state index in [1.807, 2.05) is 0 Å². The summed E-state index contributed by atoms with van der Waals surface area (Å²) in [7, 11) is 0. The van der Waals surface area contributed by atoms with Crippen LogP contribution in [0.3, 0.4) is 0 Å². The lowest BCUT2D eigenvalue weighted by Gasteiger charge is -2.01. The zero-order valence-electron chi connectivity index (χ0n) is 8.37. The van der Waals surface area contributed by atoms with Crippen molar-refractivity contribution >= 4 is 23.8 Å². The lowest BCUT2D eigenvalue weighted by Crippen LogP contribution is -1.87. The van der Waals surface area contributed by atoms with Crippen LogP contribution in [0.4, 0.5) is 5.69 Å². The van der Waals surface area contributed by atoms with Gasteiger partial charge < -0.3 is 5.11 Å². The fourth-order valence-electron chi connectivity index (χ4n) is 1.17. The molecule has 0 atom stereocenters. The van der Waals surface area contributed by atoms with E-state index in [2.05, 4.69) is 16.6 Å². The number of aliphatic carboxylic acids is 1. The number of carboxylic acids is 1. The minimum atomic E-state index is -1.02. The molecule has 0 saturated carbocycles. The SMILES string of the molecule is C=Cc1cc(N=[N+]=[N-])ccc1/C=C/C(=O)O. The quantitative estimate of drug-likeness (QED) is 0.361. The van der Waals surface area contributed by atoms with Crippen LogP contribution < -0.4 is 0 Å². The van der Waals surface area contributed by atoms with Gasteiger partial charge in [0.1, 0.15) is 0 Å². The van der Waals surface area contributed by atoms with Gasteiger partial charge in [-0.05, 0) is 28.8 Å². The number of rotatable bonds is 4. The highest BCUT2D eigenvalue weighted by Gasteiger charge is 1.98. The number of carbonyl (C=O) groups is 1. The Morgan fingerprint density at radius 1 is 1.50 bits per heavy atom. The number of carboxylic acid groups (broad SMARTS) is 1. The van der Waals surface area contributed by atoms with Gasteiger partial charge in [0.15, 0.2) is 0 Å². The van der Waals surface area contributed by atoms with Crippen LogP contribution in [0.15, 0.2) is 36.0 Å². The Bertz CT molecular complexity index is 500. The molecule has 0 unspecified atom stereocenters. The molecule has 0 bridgehead atoms. The number of azide groups is 1. The van der Waals surface area contributed by atoms with Crippen LogP contribution in [0, 0.1) is 0 Å². The monoisotopic (exact) mass is 215 g/mol. The molecular formula is C11H9N3O2. The molecule has 0 fully saturated rings. The fraction of sp³-hybridized carbons (Fsp3) is 0. The average molecular weight is 215 g/mol. The first-order valence-electron chi connectivity index (χ1n) is 4.40. The molecule has 80 valence electrons. The lowest BCUT2D eigenvalue weighted by atomic mass is 10.1. The molecule has 0 aliphatic carbocycles. The summed E-state index contributed by atoms with van der Waals surface area (Å²) in [6.45, 7) is 3.60. The Labute approximate surface area is 92.0 Å². The number of hydrogen-bond acceptors (Lipinski definition) is 2. The van der Waals surface area contributed by atoms with Gasteiger partial charge in [-0.3, -0.25) is 0 Å². The Balaban J connectivity index is 3.16. The van der Waals surface area contributed by atoms with Crippen molar-refractivity contribution in [2.75, 3.05) is 0 Å². The van der Waals surface area contributed by atoms with Gasteiger partial charge in [0.2, 0.25) is 0 Å². The predicted molar refractivity (Wildman–Crippen MR) is 62.0 cm³/mol. The van der Waals surface area contributed by atoms with Crippen LogP contribution in [0.2, 0.25) is 0 Å². The summed E-state index contributed by atoms with van der Waals surface area (Å²) in [5.74, 6) is -1.02. The van der Waals surface area contributed by atoms with Crippen molar-refractivity contribution in [1.29, 1.82) is 0 Å². The molecule has 0 saturated heterocycles. The van der Waals surface area contributed by atoms with Crippen LogP contribution >= 0.6 is 0 Å². The van der Waals surface area contributed by atoms with E-state index in [4.69, 9.17) is 10.6 Å². The largest absolute Gasteiger partial charge is 0.478 e. The summed E-state index contributed by atoms with van der Waals surface area (Å²) >= 11 is 0. The lowest BCUT2D eigenvalue weighted by molar-refractivity contribution is -0.131. The summed E-state index contributed by atoms with van der Waals surface area (Å²) in [6.07, 6.45) is 4.06. The first kappa shape index (κ1) is 11.6. The third-order valence-corrected chi connectivity index (χ3v) is 1.86. The number of nitrogens with zero attached hydrogens (tertiary/aromatic N) is 3. The molecule has 5 heteroatoms. The average Bonchev–Trinajstić information content (AvgIpc) is 2.27. The molecular weight excluding hydrogens is 206 g/mol. The van der Waals surface area contributed by atoms with E-state index in [0.717, 1.165) is 6.08 Å². The van der Waals surface area contributed by atoms with Gasteiger partial charge in [0.25, 0.3) is 0 Å². The van der Waals surface area contributed by atoms with E-state index < -0.39 is 5.97 Å². The molecule has 0 aliphatic rings. The molecule has 1 N–H and O–H groups in total. The third-order valence-electron chi connectivity index (χ3n) is 1.86. The molecule has 0 heterocycles. The Kier molecular flexibility index (Phi) is 3.89. The van der Waals surface area contributed by atoms with E-state index in [9.17, 15) is 4.79 Å². The highest BCUT2D eigenvalue weighted by molar-refractivity contribution is 5.86. The van der Waals surface area contributed by atoms with Crippen molar-refractivity contribution in [3.05, 3.63) is 52.4 Å². The van der Waals surface area contributed by atoms with Gasteiger partial charge in [-0.1, -0.05) is 29.9 Å². The second-order valence-electron chi connectivity index (χ2n) is 2.88. The maximum absolute atomic E-state index is 10.4. The predicted octanol–water partition coefficient (Wildman–Crippen LogP) is 3.37. The first-order chi connectivity index (χ1) is 7.67. The van der Waals surface area contributed by atoms with E-state index in [-0.39, 0.29) is 0 Å². The molecule has 0 aromatic heterocycles. The van der Waals surface area contributed by atoms with E-state index in [1.165, 1.54) is 6.08 Å². The zero-order valence-corrected chi connectivity index (χ0v) is 8.37. The van der Waals surface area contributed by atoms with Crippen LogP contribution in [-0.4, -0.2) is 11.1 Å². The molecule has 1 aromatic rings. The van der Waals surface area contributed by atoms with E-state index in [1.54, 1.807) is 24.3 Å². The summed E-state index contributed by atoms with van der Waals surface area (Å²) in [5.41, 5.74) is 10.1. The standard InChI is InChI=1S/C11H9N3O2/c1-2-8-7-10(13-14-12)5-3-9(8)4-6-11(15)16/h2-7H,1H2,(H,15,16)/b6-4+. The van der Waals surface area contributed by atoms with E-state index >= 15 is 0 Å². The highest BCUT2D eigenvalue weighted by atomic mass is 16.4. The summed E-state index contributed by atoms with van der Waals surface area (Å²) < 4.78 is 0. The summed E-state index contributed by atoms with van der Waals surface area (Å²) in [4.78, 5) is 13.0. The summed E-state index contributed by atoms with van der Waals surface area (Å²) in [5, 5.41) is 11.9. The number of hydrogen-bond donors (Lipinski definition) is 1. The Morgan fingerprint density at radius 2 is 2.25 bits per heavy atom. The van der Waals surface area contributed by atoms with Crippen LogP contribution in [0.1, 0.15) is 11.1 Å². The fourth-order valence-corrected chi connectivity index (χ4v) is 1.17. The normalized spacial score (nSPS) is 9.75. The first-order valence-corrected chi connectivity index (χ1v) is 4.40. The van der Waals surface area contributed by atoms with E-state index in [0.29, 0.717) is 16.8 Å². The third kappa shape index (κ3) is 3.01. The van der Waals surface area contributed by atoms with Crippen LogP contribution in [-0.2, 0) is 4.79 Å². The van der Waals surface area contributed by atoms with Crippen molar-refractivity contribution in [1.82, 2.24) is 0 Å². The van der Waals surface area contributed by atoms with Crippen molar-refractivity contribution in [3.8, 4) is 0 Å². The van der Waals surface area contributed by atoms with Crippen molar-refractivity contribution in [3.63, 3.8) is 0 Å². The Hall–Kier alpha value is -2.52. The smallest absolute Gasteiger partial charge is 0.328 e. The van der Waals surface area contributed by atoms with Crippen LogP contribution in [0.25, 0.3) is 22.6 Å². The van der Waals surface area contributed by atoms with Gasteiger partial charge >= 0.3 is 5.97 Å². The second kappa shape index (κ2) is 5.38. The topological polar surface area (TPSA) is 86.1 Å². The van der Waals surface area contributed by atoms with Gasteiger partial charge in [-0.2, -0.15) is 0 Å². The maximum atomic E-state index is 10.4. The van der Waals surface area contributed by atoms with Gasteiger partial charge in [-0.25, -0.2) is 4.79 Å². The summed E-state index contributed by atoms with van der Waals surface area (Å²) in [6, 6.07) is 4.91. The maximum Gasteiger partial charge on any atom is 0.328 e. The molecule has 1 aromatic carbocycles. The minimum Gasteiger partial charge on any atom is -0.478 e. The van der Waals surface area contributed by atoms with Crippen LogP contribution in [0.5, 0.6) is 0 Å². The molecule has 5 nitrogen and oxygen atoms in total. The van der Waals surface area contributed by atoms with Gasteiger partial charge in [0.05, 0.1) is 0 Å². The van der Waals surface area contributed by atoms with Crippen molar-refractivity contribution in [2.24, 2.45) is 5.11 Å². The second-order valence-corrected chi connectivity index (χ2v) is 2.88. The minimum absolute atomic E-state index is 0.463. The van der Waals surface area contributed by atoms with Crippen molar-refractivity contribution in [2.45, 2.75) is 0 Å².